The number of piperidine rings is 1. The Bertz CT molecular complexity index is 1560. The largest absolute Gasteiger partial charge is 0.370 e. The number of hydrogen-bond donors (Lipinski definition) is 2. The summed E-state index contributed by atoms with van der Waals surface area (Å²) in [5.74, 6) is 3.87. The molecule has 220 valence electrons. The second-order valence-corrected chi connectivity index (χ2v) is 11.8. The van der Waals surface area contributed by atoms with Crippen LogP contribution in [0.4, 0.5) is 11.6 Å². The molecule has 0 bridgehead atoms. The fraction of sp³-hybridized carbons (Fsp3) is 0.469. The van der Waals surface area contributed by atoms with E-state index >= 15 is 0 Å². The van der Waals surface area contributed by atoms with Crippen LogP contribution in [0.3, 0.4) is 0 Å². The Kier molecular flexibility index (Phi) is 8.06. The molecular formula is C32H41N9O. The summed E-state index contributed by atoms with van der Waals surface area (Å²) in [6.45, 7) is 10.1. The SMILES string of the molecule is CNC(=O)c1ccnc2c(C(C)[C@H](C)CNc3cc(N4CCn5c(C6CCN(C)CC6)cnc5C4)ncn3)cccc12. The highest BCUT2D eigenvalue weighted by molar-refractivity contribution is 6.06. The minimum absolute atomic E-state index is 0.100. The van der Waals surface area contributed by atoms with Crippen LogP contribution in [0.25, 0.3) is 10.9 Å². The van der Waals surface area contributed by atoms with E-state index < -0.39 is 0 Å². The summed E-state index contributed by atoms with van der Waals surface area (Å²) in [5, 5.41) is 7.16. The van der Waals surface area contributed by atoms with Gasteiger partial charge < -0.3 is 25.0 Å². The normalized spacial score (nSPS) is 17.6. The number of hydrogen-bond acceptors (Lipinski definition) is 8. The Morgan fingerprint density at radius 2 is 1.88 bits per heavy atom. The van der Waals surface area contributed by atoms with Crippen LogP contribution in [0.2, 0.25) is 0 Å². The molecule has 2 atom stereocenters. The number of para-hydroxylation sites is 1. The van der Waals surface area contributed by atoms with Gasteiger partial charge in [0.25, 0.3) is 5.91 Å². The number of anilines is 2. The standard InChI is InChI=1S/C32H41N9O/c1-21(22(2)24-6-5-7-25-26(32(42)33-3)8-11-34-31(24)25)17-35-28-16-29(38-20-37-28)40-14-15-41-27(18-36-30(41)19-40)23-9-12-39(4)13-10-23/h5-8,11,16,18,20-23H,9-10,12-15,17,19H2,1-4H3,(H,33,42)(H,35,37,38)/t21-,22?/m1/s1. The highest BCUT2D eigenvalue weighted by Crippen LogP contribution is 2.32. The van der Waals surface area contributed by atoms with Crippen molar-refractivity contribution in [2.45, 2.75) is 51.6 Å². The number of imidazole rings is 1. The van der Waals surface area contributed by atoms with Crippen LogP contribution in [0.1, 0.15) is 66.0 Å². The lowest BCUT2D eigenvalue weighted by atomic mass is 9.87. The molecule has 0 aliphatic carbocycles. The van der Waals surface area contributed by atoms with Crippen molar-refractivity contribution >= 4 is 28.4 Å². The molecular weight excluding hydrogens is 526 g/mol. The van der Waals surface area contributed by atoms with Crippen molar-refractivity contribution < 1.29 is 4.79 Å². The predicted molar refractivity (Wildman–Crippen MR) is 166 cm³/mol. The number of nitrogens with one attached hydrogen (secondary N) is 2. The molecule has 10 heteroatoms. The van der Waals surface area contributed by atoms with Gasteiger partial charge in [0.1, 0.15) is 23.8 Å². The molecule has 1 saturated heterocycles. The highest BCUT2D eigenvalue weighted by Gasteiger charge is 2.27. The lowest BCUT2D eigenvalue weighted by Crippen LogP contribution is -2.36. The van der Waals surface area contributed by atoms with Gasteiger partial charge in [-0.2, -0.15) is 0 Å². The summed E-state index contributed by atoms with van der Waals surface area (Å²) in [4.78, 5) is 35.7. The second kappa shape index (κ2) is 12.1. The molecule has 2 aliphatic heterocycles. The first-order valence-corrected chi connectivity index (χ1v) is 15.1. The maximum atomic E-state index is 12.4. The Hall–Kier alpha value is -4.05. The van der Waals surface area contributed by atoms with Gasteiger partial charge in [0.05, 0.1) is 17.6 Å². The van der Waals surface area contributed by atoms with Crippen LogP contribution < -0.4 is 15.5 Å². The van der Waals surface area contributed by atoms with Crippen LogP contribution in [0, 0.1) is 5.92 Å². The number of benzene rings is 1. The number of nitrogens with zero attached hydrogens (tertiary/aromatic N) is 7. The molecule has 4 aromatic rings. The van der Waals surface area contributed by atoms with E-state index in [0.29, 0.717) is 17.4 Å². The number of carbonyl (C=O) groups is 1. The Morgan fingerprint density at radius 3 is 2.69 bits per heavy atom. The van der Waals surface area contributed by atoms with Gasteiger partial charge in [-0.1, -0.05) is 32.0 Å². The smallest absolute Gasteiger partial charge is 0.251 e. The summed E-state index contributed by atoms with van der Waals surface area (Å²) in [7, 11) is 3.86. The molecule has 0 saturated carbocycles. The molecule has 1 fully saturated rings. The average Bonchev–Trinajstić information content (AvgIpc) is 3.46. The van der Waals surface area contributed by atoms with Crippen LogP contribution in [-0.4, -0.2) is 75.6 Å². The third-order valence-corrected chi connectivity index (χ3v) is 9.23. The number of amides is 1. The maximum Gasteiger partial charge on any atom is 0.251 e. The number of aromatic nitrogens is 5. The van der Waals surface area contributed by atoms with Crippen molar-refractivity contribution in [2.24, 2.45) is 5.92 Å². The minimum atomic E-state index is -0.100. The molecule has 0 radical (unpaired) electrons. The number of fused-ring (bicyclic) bond motifs is 2. The first-order valence-electron chi connectivity index (χ1n) is 15.1. The van der Waals surface area contributed by atoms with E-state index in [-0.39, 0.29) is 11.8 Å². The van der Waals surface area contributed by atoms with Crippen molar-refractivity contribution in [3.05, 3.63) is 71.7 Å². The molecule has 3 aromatic heterocycles. The first kappa shape index (κ1) is 28.1. The van der Waals surface area contributed by atoms with E-state index in [4.69, 9.17) is 4.98 Å². The molecule has 5 heterocycles. The molecule has 10 nitrogen and oxygen atoms in total. The van der Waals surface area contributed by atoms with Crippen molar-refractivity contribution in [2.75, 3.05) is 50.5 Å². The number of carbonyl (C=O) groups excluding carboxylic acids is 1. The van der Waals surface area contributed by atoms with Gasteiger partial charge in [-0.3, -0.25) is 9.78 Å². The topological polar surface area (TPSA) is 104 Å². The van der Waals surface area contributed by atoms with Crippen molar-refractivity contribution in [3.63, 3.8) is 0 Å². The molecule has 1 unspecified atom stereocenters. The molecule has 2 N–H and O–H groups in total. The quantitative estimate of drug-likeness (QED) is 0.326. The highest BCUT2D eigenvalue weighted by atomic mass is 16.1. The Morgan fingerprint density at radius 1 is 1.05 bits per heavy atom. The van der Waals surface area contributed by atoms with Crippen LogP contribution in [-0.2, 0) is 13.1 Å². The molecule has 42 heavy (non-hydrogen) atoms. The van der Waals surface area contributed by atoms with E-state index in [0.717, 1.165) is 73.2 Å². The van der Waals surface area contributed by atoms with E-state index in [1.54, 1.807) is 25.6 Å². The maximum absolute atomic E-state index is 12.4. The summed E-state index contributed by atoms with van der Waals surface area (Å²) in [6.07, 6.45) is 7.88. The van der Waals surface area contributed by atoms with E-state index in [9.17, 15) is 4.79 Å². The summed E-state index contributed by atoms with van der Waals surface area (Å²) >= 11 is 0. The zero-order chi connectivity index (χ0) is 29.2. The summed E-state index contributed by atoms with van der Waals surface area (Å²) in [6, 6.07) is 9.92. The zero-order valence-corrected chi connectivity index (χ0v) is 25.0. The lowest BCUT2D eigenvalue weighted by molar-refractivity contribution is 0.0964. The van der Waals surface area contributed by atoms with Crippen molar-refractivity contribution in [1.29, 1.82) is 0 Å². The molecule has 6 rings (SSSR count). The van der Waals surface area contributed by atoms with Crippen molar-refractivity contribution in [3.8, 4) is 0 Å². The van der Waals surface area contributed by atoms with Crippen LogP contribution in [0.5, 0.6) is 0 Å². The van der Waals surface area contributed by atoms with E-state index in [1.165, 1.54) is 18.5 Å². The van der Waals surface area contributed by atoms with Crippen molar-refractivity contribution in [1.82, 2.24) is 34.7 Å². The van der Waals surface area contributed by atoms with Gasteiger partial charge in [0, 0.05) is 62.1 Å². The van der Waals surface area contributed by atoms with E-state index in [2.05, 4.69) is 73.1 Å². The second-order valence-electron chi connectivity index (χ2n) is 11.8. The molecule has 0 spiro atoms. The Labute approximate surface area is 247 Å². The number of pyridine rings is 1. The Balaban J connectivity index is 1.11. The predicted octanol–water partition coefficient (Wildman–Crippen LogP) is 4.26. The van der Waals surface area contributed by atoms with Gasteiger partial charge in [0.15, 0.2) is 0 Å². The van der Waals surface area contributed by atoms with Crippen LogP contribution in [0.15, 0.2) is 49.1 Å². The molecule has 2 aliphatic rings. The number of rotatable bonds is 8. The van der Waals surface area contributed by atoms with Crippen LogP contribution >= 0.6 is 0 Å². The lowest BCUT2D eigenvalue weighted by Gasteiger charge is -2.33. The third kappa shape index (κ3) is 5.55. The van der Waals surface area contributed by atoms with Gasteiger partial charge in [0.2, 0.25) is 0 Å². The number of likely N-dealkylation sites (tertiary alicyclic amines) is 1. The summed E-state index contributed by atoms with van der Waals surface area (Å²) in [5.41, 5.74) is 4.07. The third-order valence-electron chi connectivity index (χ3n) is 9.23. The van der Waals surface area contributed by atoms with Gasteiger partial charge in [-0.05, 0) is 56.4 Å². The molecule has 1 aromatic carbocycles. The minimum Gasteiger partial charge on any atom is -0.370 e. The van der Waals surface area contributed by atoms with Gasteiger partial charge in [-0.15, -0.1) is 0 Å². The fourth-order valence-electron chi connectivity index (χ4n) is 6.37. The first-order chi connectivity index (χ1) is 20.4. The summed E-state index contributed by atoms with van der Waals surface area (Å²) < 4.78 is 2.44. The zero-order valence-electron chi connectivity index (χ0n) is 25.0. The fourth-order valence-corrected chi connectivity index (χ4v) is 6.37. The van der Waals surface area contributed by atoms with E-state index in [1.807, 2.05) is 18.2 Å². The van der Waals surface area contributed by atoms with Gasteiger partial charge in [-0.25, -0.2) is 15.0 Å². The van der Waals surface area contributed by atoms with Gasteiger partial charge >= 0.3 is 0 Å². The monoisotopic (exact) mass is 567 g/mol. The molecule has 1 amide bonds. The average molecular weight is 568 g/mol.